The highest BCUT2D eigenvalue weighted by molar-refractivity contribution is 5.31. The van der Waals surface area contributed by atoms with E-state index in [9.17, 15) is 8.78 Å². The van der Waals surface area contributed by atoms with E-state index in [1.807, 2.05) is 0 Å². The summed E-state index contributed by atoms with van der Waals surface area (Å²) < 4.78 is 31.3. The first-order chi connectivity index (χ1) is 6.70. The molecule has 0 amide bonds. The first-order valence-corrected chi connectivity index (χ1v) is 4.41. The van der Waals surface area contributed by atoms with Gasteiger partial charge in [-0.1, -0.05) is 6.07 Å². The van der Waals surface area contributed by atoms with Gasteiger partial charge in [-0.2, -0.15) is 4.39 Å². The molecule has 0 heterocycles. The molecule has 0 aliphatic carbocycles. The summed E-state index contributed by atoms with van der Waals surface area (Å²) in [6.07, 6.45) is 0.106. The first-order valence-electron chi connectivity index (χ1n) is 4.41. The lowest BCUT2D eigenvalue weighted by Gasteiger charge is -2.07. The van der Waals surface area contributed by atoms with Crippen LogP contribution in [0.2, 0.25) is 0 Å². The molecule has 1 aromatic rings. The molecule has 14 heavy (non-hydrogen) atoms. The predicted molar refractivity (Wildman–Crippen MR) is 48.3 cm³/mol. The lowest BCUT2D eigenvalue weighted by atomic mass is 10.1. The number of hydrogen-bond acceptors (Lipinski definition) is 2. The van der Waals surface area contributed by atoms with Crippen LogP contribution in [0.5, 0.6) is 5.75 Å². The molecule has 0 atom stereocenters. The van der Waals surface area contributed by atoms with E-state index in [0.717, 1.165) is 0 Å². The van der Waals surface area contributed by atoms with Crippen molar-refractivity contribution in [1.82, 2.24) is 0 Å². The van der Waals surface area contributed by atoms with Crippen LogP contribution in [0.4, 0.5) is 8.78 Å². The predicted octanol–water partition coefficient (Wildman–Crippen LogP) is 1.90. The average Bonchev–Trinajstić information content (AvgIpc) is 2.18. The van der Waals surface area contributed by atoms with Crippen molar-refractivity contribution in [2.75, 3.05) is 13.2 Å². The molecule has 0 spiro atoms. The number of rotatable bonds is 4. The topological polar surface area (TPSA) is 29.5 Å². The van der Waals surface area contributed by atoms with Crippen LogP contribution in [0.3, 0.4) is 0 Å². The fourth-order valence-corrected chi connectivity index (χ4v) is 1.15. The van der Waals surface area contributed by atoms with Crippen molar-refractivity contribution in [1.29, 1.82) is 0 Å². The first kappa shape index (κ1) is 10.9. The summed E-state index contributed by atoms with van der Waals surface area (Å²) in [5, 5.41) is 8.59. The Labute approximate surface area is 81.1 Å². The Morgan fingerprint density at radius 1 is 1.29 bits per heavy atom. The number of aliphatic hydroxyl groups is 1. The fraction of sp³-hybridized carbons (Fsp3) is 0.400. The maximum absolute atomic E-state index is 13.2. The van der Waals surface area contributed by atoms with Gasteiger partial charge in [-0.05, 0) is 25.0 Å². The monoisotopic (exact) mass is 202 g/mol. The third-order valence-corrected chi connectivity index (χ3v) is 1.81. The molecule has 0 unspecified atom stereocenters. The van der Waals surface area contributed by atoms with E-state index in [4.69, 9.17) is 9.84 Å². The van der Waals surface area contributed by atoms with Crippen molar-refractivity contribution < 1.29 is 18.6 Å². The minimum Gasteiger partial charge on any atom is -0.491 e. The fourth-order valence-electron chi connectivity index (χ4n) is 1.15. The molecule has 1 aromatic carbocycles. The maximum atomic E-state index is 13.2. The molecular weight excluding hydrogens is 190 g/mol. The molecule has 0 fully saturated rings. The van der Waals surface area contributed by atoms with Gasteiger partial charge in [-0.25, -0.2) is 4.39 Å². The second kappa shape index (κ2) is 4.91. The van der Waals surface area contributed by atoms with Crippen LogP contribution in [-0.4, -0.2) is 18.3 Å². The Hall–Kier alpha value is -1.16. The second-order valence-corrected chi connectivity index (χ2v) is 2.76. The van der Waals surface area contributed by atoms with Crippen molar-refractivity contribution in [3.63, 3.8) is 0 Å². The van der Waals surface area contributed by atoms with E-state index < -0.39 is 11.6 Å². The number of halogens is 2. The van der Waals surface area contributed by atoms with Crippen molar-refractivity contribution in [2.45, 2.75) is 13.3 Å². The smallest absolute Gasteiger partial charge is 0.200 e. The van der Waals surface area contributed by atoms with Gasteiger partial charge in [0.2, 0.25) is 5.82 Å². The van der Waals surface area contributed by atoms with Crippen molar-refractivity contribution in [3.05, 3.63) is 29.3 Å². The van der Waals surface area contributed by atoms with E-state index in [0.29, 0.717) is 0 Å². The highest BCUT2D eigenvalue weighted by Gasteiger charge is 2.13. The van der Waals surface area contributed by atoms with Crippen LogP contribution in [0.15, 0.2) is 12.1 Å². The van der Waals surface area contributed by atoms with Crippen molar-refractivity contribution in [2.24, 2.45) is 0 Å². The normalized spacial score (nSPS) is 10.3. The van der Waals surface area contributed by atoms with Crippen LogP contribution in [0.25, 0.3) is 0 Å². The summed E-state index contributed by atoms with van der Waals surface area (Å²) in [5.41, 5.74) is 0.161. The van der Waals surface area contributed by atoms with E-state index in [2.05, 4.69) is 0 Å². The van der Waals surface area contributed by atoms with Crippen LogP contribution >= 0.6 is 0 Å². The SMILES string of the molecule is CCOc1ccc(CCO)c(F)c1F. The molecular formula is C10H12F2O2. The highest BCUT2D eigenvalue weighted by Crippen LogP contribution is 2.22. The molecule has 4 heteroatoms. The van der Waals surface area contributed by atoms with Gasteiger partial charge in [0.05, 0.1) is 6.61 Å². The minimum absolute atomic E-state index is 0.0910. The molecule has 0 aliphatic rings. The molecule has 0 bridgehead atoms. The Morgan fingerprint density at radius 3 is 2.57 bits per heavy atom. The molecule has 1 rings (SSSR count). The van der Waals surface area contributed by atoms with Crippen LogP contribution < -0.4 is 4.74 Å². The molecule has 0 saturated carbocycles. The maximum Gasteiger partial charge on any atom is 0.200 e. The van der Waals surface area contributed by atoms with Crippen LogP contribution in [0.1, 0.15) is 12.5 Å². The third-order valence-electron chi connectivity index (χ3n) is 1.81. The summed E-state index contributed by atoms with van der Waals surface area (Å²) in [7, 11) is 0. The van der Waals surface area contributed by atoms with Crippen molar-refractivity contribution >= 4 is 0 Å². The molecule has 1 N–H and O–H groups in total. The largest absolute Gasteiger partial charge is 0.491 e. The summed E-state index contributed by atoms with van der Waals surface area (Å²) in [6.45, 7) is 1.78. The van der Waals surface area contributed by atoms with Gasteiger partial charge in [0, 0.05) is 6.61 Å². The van der Waals surface area contributed by atoms with Crippen LogP contribution in [-0.2, 0) is 6.42 Å². The summed E-state index contributed by atoms with van der Waals surface area (Å²) in [6, 6.07) is 2.78. The number of ether oxygens (including phenoxy) is 1. The van der Waals surface area contributed by atoms with Gasteiger partial charge in [-0.3, -0.25) is 0 Å². The van der Waals surface area contributed by atoms with E-state index in [-0.39, 0.29) is 30.9 Å². The third kappa shape index (κ3) is 2.20. The van der Waals surface area contributed by atoms with Gasteiger partial charge in [0.1, 0.15) is 0 Å². The lowest BCUT2D eigenvalue weighted by Crippen LogP contribution is -2.02. The Kier molecular flexibility index (Phi) is 3.83. The quantitative estimate of drug-likeness (QED) is 0.808. The Morgan fingerprint density at radius 2 is 2.00 bits per heavy atom. The average molecular weight is 202 g/mol. The van der Waals surface area contributed by atoms with Gasteiger partial charge >= 0.3 is 0 Å². The summed E-state index contributed by atoms with van der Waals surface area (Å²) in [5.74, 6) is -2.02. The zero-order chi connectivity index (χ0) is 10.6. The van der Waals surface area contributed by atoms with Gasteiger partial charge < -0.3 is 9.84 Å². The molecule has 0 aliphatic heterocycles. The van der Waals surface area contributed by atoms with Crippen molar-refractivity contribution in [3.8, 4) is 5.75 Å². The molecule has 0 saturated heterocycles. The molecule has 2 nitrogen and oxygen atoms in total. The second-order valence-electron chi connectivity index (χ2n) is 2.76. The molecule has 78 valence electrons. The highest BCUT2D eigenvalue weighted by atomic mass is 19.2. The van der Waals surface area contributed by atoms with E-state index >= 15 is 0 Å². The summed E-state index contributed by atoms with van der Waals surface area (Å²) >= 11 is 0. The zero-order valence-electron chi connectivity index (χ0n) is 7.89. The minimum atomic E-state index is -0.988. The van der Waals surface area contributed by atoms with Gasteiger partial charge in [0.15, 0.2) is 11.6 Å². The number of aliphatic hydroxyl groups excluding tert-OH is 1. The molecule has 0 aromatic heterocycles. The van der Waals surface area contributed by atoms with Gasteiger partial charge in [0.25, 0.3) is 0 Å². The lowest BCUT2D eigenvalue weighted by molar-refractivity contribution is 0.293. The van der Waals surface area contributed by atoms with E-state index in [1.54, 1.807) is 6.92 Å². The number of benzene rings is 1. The van der Waals surface area contributed by atoms with E-state index in [1.165, 1.54) is 12.1 Å². The zero-order valence-corrected chi connectivity index (χ0v) is 7.89. The standard InChI is InChI=1S/C10H12F2O2/c1-2-14-8-4-3-7(5-6-13)9(11)10(8)12/h3-4,13H,2,5-6H2,1H3. The Balaban J connectivity index is 2.99. The van der Waals surface area contributed by atoms with Gasteiger partial charge in [-0.15, -0.1) is 0 Å². The van der Waals surface area contributed by atoms with Crippen LogP contribution in [0, 0.1) is 11.6 Å². The summed E-state index contributed by atoms with van der Waals surface area (Å²) in [4.78, 5) is 0. The number of hydrogen-bond donors (Lipinski definition) is 1. The molecule has 0 radical (unpaired) electrons. The Bertz CT molecular complexity index is 282.